The third-order valence-electron chi connectivity index (χ3n) is 4.76. The van der Waals surface area contributed by atoms with E-state index >= 15 is 0 Å². The van der Waals surface area contributed by atoms with E-state index in [0.29, 0.717) is 0 Å². The van der Waals surface area contributed by atoms with Gasteiger partial charge in [-0.25, -0.2) is 0 Å². The van der Waals surface area contributed by atoms with Crippen LogP contribution in [0.1, 0.15) is 20.9 Å². The molecule has 0 saturated heterocycles. The average molecular weight is 438 g/mol. The molecule has 0 unspecified atom stereocenters. The highest BCUT2D eigenvalue weighted by atomic mass is 32.1. The second-order valence-electron chi connectivity index (χ2n) is 8.45. The van der Waals surface area contributed by atoms with E-state index in [4.69, 9.17) is 0 Å². The van der Waals surface area contributed by atoms with Crippen LogP contribution in [-0.4, -0.2) is 32.6 Å². The molecule has 0 aliphatic carbocycles. The van der Waals surface area contributed by atoms with Crippen molar-refractivity contribution in [3.8, 4) is 11.5 Å². The van der Waals surface area contributed by atoms with Crippen molar-refractivity contribution in [2.75, 3.05) is 19.6 Å². The van der Waals surface area contributed by atoms with Gasteiger partial charge in [0.05, 0.1) is 0 Å². The topological polar surface area (TPSA) is 3.24 Å². The van der Waals surface area contributed by atoms with Gasteiger partial charge in [0.15, 0.2) is 0 Å². The number of thiophene rings is 2. The van der Waals surface area contributed by atoms with Gasteiger partial charge in [-0.3, -0.25) is 0 Å². The van der Waals surface area contributed by atoms with E-state index in [1.807, 2.05) is 22.7 Å². The van der Waals surface area contributed by atoms with Gasteiger partial charge in [0.2, 0.25) is 0 Å². The van der Waals surface area contributed by atoms with E-state index in [9.17, 15) is 0 Å². The van der Waals surface area contributed by atoms with Crippen LogP contribution in [0.15, 0.2) is 59.3 Å². The van der Waals surface area contributed by atoms with Gasteiger partial charge < -0.3 is 4.90 Å². The lowest BCUT2D eigenvalue weighted by atomic mass is 10.1. The molecule has 0 N–H and O–H groups in total. The summed E-state index contributed by atoms with van der Waals surface area (Å²) in [6, 6.07) is 17.7. The van der Waals surface area contributed by atoms with Gasteiger partial charge in [0, 0.05) is 35.0 Å². The Hall–Kier alpha value is -1.64. The summed E-state index contributed by atoms with van der Waals surface area (Å²) in [5.41, 5.74) is 6.00. The first-order valence-corrected chi connectivity index (χ1v) is 15.6. The Morgan fingerprint density at radius 2 is 1.31 bits per heavy atom. The van der Waals surface area contributed by atoms with Crippen molar-refractivity contribution >= 4 is 30.7 Å². The summed E-state index contributed by atoms with van der Waals surface area (Å²) < 4.78 is 0. The molecule has 2 heterocycles. The quantitative estimate of drug-likeness (QED) is 0.278. The molecule has 0 radical (unpaired) electrons. The number of hydrogen-bond donors (Lipinski definition) is 0. The molecular weight excluding hydrogens is 407 g/mol. The van der Waals surface area contributed by atoms with Crippen molar-refractivity contribution in [2.24, 2.45) is 0 Å². The molecule has 0 bridgehead atoms. The Bertz CT molecular complexity index is 856. The monoisotopic (exact) mass is 437 g/mol. The summed E-state index contributed by atoms with van der Waals surface area (Å²) in [5, 5.41) is 4.36. The molecule has 0 saturated carbocycles. The maximum atomic E-state index is 3.45. The van der Waals surface area contributed by atoms with Gasteiger partial charge in [-0.15, -0.1) is 28.2 Å². The molecule has 0 spiro atoms. The standard InChI is InChI=1S/C25H31NS2Si/c1-29(2,3)21-15-23-10-8-22(9-11-23)12-16-26(17-13-24-6-4-19-27-24)18-14-25-7-5-20-28-25/h4-11,19-20H,12-14,16-18H2,1-3H3. The van der Waals surface area contributed by atoms with Crippen molar-refractivity contribution in [1.29, 1.82) is 0 Å². The molecule has 4 heteroatoms. The minimum absolute atomic E-state index is 1.09. The normalized spacial score (nSPS) is 11.4. The van der Waals surface area contributed by atoms with Crippen molar-refractivity contribution in [3.63, 3.8) is 0 Å². The van der Waals surface area contributed by atoms with Crippen molar-refractivity contribution in [3.05, 3.63) is 80.2 Å². The van der Waals surface area contributed by atoms with Crippen LogP contribution in [0.4, 0.5) is 0 Å². The van der Waals surface area contributed by atoms with Crippen LogP contribution in [0.25, 0.3) is 0 Å². The number of hydrogen-bond acceptors (Lipinski definition) is 3. The summed E-state index contributed by atoms with van der Waals surface area (Å²) in [7, 11) is -1.31. The Labute approximate surface area is 185 Å². The fourth-order valence-electron chi connectivity index (χ4n) is 3.08. The Kier molecular flexibility index (Phi) is 8.32. The summed E-state index contributed by atoms with van der Waals surface area (Å²) in [6.07, 6.45) is 3.39. The first-order chi connectivity index (χ1) is 14.0. The van der Waals surface area contributed by atoms with Crippen LogP contribution >= 0.6 is 22.7 Å². The van der Waals surface area contributed by atoms with Gasteiger partial charge in [-0.05, 0) is 59.9 Å². The van der Waals surface area contributed by atoms with E-state index in [1.165, 1.54) is 15.3 Å². The molecule has 3 aromatic rings. The van der Waals surface area contributed by atoms with Crippen LogP contribution in [-0.2, 0) is 19.3 Å². The molecule has 152 valence electrons. The van der Waals surface area contributed by atoms with E-state index in [1.54, 1.807) is 0 Å². The van der Waals surface area contributed by atoms with Gasteiger partial charge in [-0.1, -0.05) is 49.8 Å². The molecule has 1 nitrogen and oxygen atoms in total. The first kappa shape index (κ1) is 22.1. The molecule has 0 amide bonds. The SMILES string of the molecule is C[Si](C)(C)C#Cc1ccc(CCN(CCc2cccs2)CCc2cccs2)cc1. The molecule has 1 aromatic carbocycles. The third kappa shape index (κ3) is 8.32. The average Bonchev–Trinajstić information content (AvgIpc) is 3.40. The fraction of sp³-hybridized carbons (Fsp3) is 0.360. The molecule has 29 heavy (non-hydrogen) atoms. The van der Waals surface area contributed by atoms with Gasteiger partial charge in [0.1, 0.15) is 8.07 Å². The second-order valence-corrected chi connectivity index (χ2v) is 15.3. The second kappa shape index (κ2) is 10.9. The first-order valence-electron chi connectivity index (χ1n) is 10.4. The Morgan fingerprint density at radius 1 is 0.759 bits per heavy atom. The number of rotatable bonds is 9. The maximum absolute atomic E-state index is 3.45. The predicted molar refractivity (Wildman–Crippen MR) is 133 cm³/mol. The molecule has 0 atom stereocenters. The van der Waals surface area contributed by atoms with Gasteiger partial charge in [-0.2, -0.15) is 0 Å². The molecule has 0 aliphatic rings. The third-order valence-corrected chi connectivity index (χ3v) is 7.51. The number of benzene rings is 1. The lowest BCUT2D eigenvalue weighted by Crippen LogP contribution is -2.30. The minimum Gasteiger partial charge on any atom is -0.302 e. The lowest BCUT2D eigenvalue weighted by Gasteiger charge is -2.22. The van der Waals surface area contributed by atoms with E-state index in [0.717, 1.165) is 44.5 Å². The highest BCUT2D eigenvalue weighted by molar-refractivity contribution is 7.10. The predicted octanol–water partition coefficient (Wildman–Crippen LogP) is 6.37. The highest BCUT2D eigenvalue weighted by Crippen LogP contribution is 2.13. The maximum Gasteiger partial charge on any atom is 0.129 e. The van der Waals surface area contributed by atoms with Crippen LogP contribution in [0.2, 0.25) is 19.6 Å². The molecule has 3 rings (SSSR count). The zero-order valence-corrected chi connectivity index (χ0v) is 20.4. The molecule has 0 aliphatic heterocycles. The van der Waals surface area contributed by atoms with Gasteiger partial charge in [0.25, 0.3) is 0 Å². The van der Waals surface area contributed by atoms with Crippen LogP contribution in [0, 0.1) is 11.5 Å². The summed E-state index contributed by atoms with van der Waals surface area (Å²) >= 11 is 3.74. The van der Waals surface area contributed by atoms with Crippen molar-refractivity contribution in [1.82, 2.24) is 4.90 Å². The number of nitrogens with zero attached hydrogens (tertiary/aromatic N) is 1. The fourth-order valence-corrected chi connectivity index (χ4v) is 5.00. The summed E-state index contributed by atoms with van der Waals surface area (Å²) in [4.78, 5) is 5.59. The lowest BCUT2D eigenvalue weighted by molar-refractivity contribution is 0.285. The van der Waals surface area contributed by atoms with Crippen molar-refractivity contribution in [2.45, 2.75) is 38.9 Å². The van der Waals surface area contributed by atoms with E-state index in [-0.39, 0.29) is 0 Å². The van der Waals surface area contributed by atoms with E-state index in [2.05, 4.69) is 95.3 Å². The van der Waals surface area contributed by atoms with Crippen LogP contribution < -0.4 is 0 Å². The molecule has 0 fully saturated rings. The Morgan fingerprint density at radius 3 is 1.79 bits per heavy atom. The van der Waals surface area contributed by atoms with Gasteiger partial charge >= 0.3 is 0 Å². The molecule has 2 aromatic heterocycles. The largest absolute Gasteiger partial charge is 0.302 e. The summed E-state index contributed by atoms with van der Waals surface area (Å²) in [6.45, 7) is 10.2. The summed E-state index contributed by atoms with van der Waals surface area (Å²) in [5.74, 6) is 3.35. The van der Waals surface area contributed by atoms with Crippen LogP contribution in [0.3, 0.4) is 0 Å². The minimum atomic E-state index is -1.31. The van der Waals surface area contributed by atoms with Crippen molar-refractivity contribution < 1.29 is 0 Å². The zero-order valence-electron chi connectivity index (χ0n) is 17.8. The highest BCUT2D eigenvalue weighted by Gasteiger charge is 2.09. The molecular formula is C25H31NS2Si. The zero-order chi connectivity index (χ0) is 20.5. The van der Waals surface area contributed by atoms with Crippen LogP contribution in [0.5, 0.6) is 0 Å². The Balaban J connectivity index is 1.55. The van der Waals surface area contributed by atoms with E-state index < -0.39 is 8.07 Å². The smallest absolute Gasteiger partial charge is 0.129 e.